The molecule has 0 saturated heterocycles. The van der Waals surface area contributed by atoms with Gasteiger partial charge >= 0.3 is 5.97 Å². The van der Waals surface area contributed by atoms with Gasteiger partial charge in [0.2, 0.25) is 0 Å². The van der Waals surface area contributed by atoms with E-state index >= 15 is 0 Å². The van der Waals surface area contributed by atoms with Gasteiger partial charge in [-0.2, -0.15) is 0 Å². The van der Waals surface area contributed by atoms with Crippen LogP contribution in [0.1, 0.15) is 29.9 Å². The van der Waals surface area contributed by atoms with E-state index in [1.54, 1.807) is 17.9 Å². The minimum Gasteiger partial charge on any atom is -0.452 e. The number of aryl methyl sites for hydroxylation is 1. The van der Waals surface area contributed by atoms with Crippen molar-refractivity contribution >= 4 is 28.7 Å². The van der Waals surface area contributed by atoms with E-state index < -0.39 is 5.97 Å². The lowest BCUT2D eigenvalue weighted by Gasteiger charge is -2.26. The summed E-state index contributed by atoms with van der Waals surface area (Å²) < 4.78 is 10.7. The van der Waals surface area contributed by atoms with Crippen molar-refractivity contribution in [3.05, 3.63) is 78.0 Å². The van der Waals surface area contributed by atoms with Gasteiger partial charge in [0.1, 0.15) is 0 Å². The second-order valence-electron chi connectivity index (χ2n) is 7.64. The van der Waals surface area contributed by atoms with Crippen molar-refractivity contribution in [1.82, 2.24) is 10.1 Å². The fourth-order valence-corrected chi connectivity index (χ4v) is 3.61. The Morgan fingerprint density at radius 1 is 1.03 bits per heavy atom. The summed E-state index contributed by atoms with van der Waals surface area (Å²) in [5.74, 6) is -0.943. The molecular formula is C25H23N3O4. The summed E-state index contributed by atoms with van der Waals surface area (Å²) in [6.07, 6.45) is 0. The predicted octanol–water partition coefficient (Wildman–Crippen LogP) is 4.80. The van der Waals surface area contributed by atoms with Crippen molar-refractivity contribution in [2.45, 2.75) is 26.8 Å². The third-order valence-electron chi connectivity index (χ3n) is 5.05. The van der Waals surface area contributed by atoms with E-state index in [0.29, 0.717) is 16.8 Å². The topological polar surface area (TPSA) is 85.5 Å². The molecular weight excluding hydrogens is 406 g/mol. The van der Waals surface area contributed by atoms with Crippen molar-refractivity contribution in [3.63, 3.8) is 0 Å². The van der Waals surface area contributed by atoms with E-state index in [1.807, 2.05) is 74.5 Å². The van der Waals surface area contributed by atoms with Crippen LogP contribution in [0.5, 0.6) is 0 Å². The number of fused-ring (bicyclic) bond motifs is 1. The molecule has 4 aromatic rings. The van der Waals surface area contributed by atoms with Gasteiger partial charge < -0.3 is 14.2 Å². The molecule has 0 N–H and O–H groups in total. The minimum atomic E-state index is -0.633. The predicted molar refractivity (Wildman–Crippen MR) is 121 cm³/mol. The smallest absolute Gasteiger partial charge is 0.339 e. The van der Waals surface area contributed by atoms with Gasteiger partial charge in [-0.05, 0) is 39.0 Å². The van der Waals surface area contributed by atoms with Crippen LogP contribution in [-0.2, 0) is 9.53 Å². The van der Waals surface area contributed by atoms with Crippen molar-refractivity contribution in [2.75, 3.05) is 11.5 Å². The summed E-state index contributed by atoms with van der Waals surface area (Å²) in [4.78, 5) is 32.0. The van der Waals surface area contributed by atoms with Crippen molar-refractivity contribution < 1.29 is 18.8 Å². The number of nitrogens with zero attached hydrogens (tertiary/aromatic N) is 3. The summed E-state index contributed by atoms with van der Waals surface area (Å²) in [6, 6.07) is 20.3. The highest BCUT2D eigenvalue weighted by Crippen LogP contribution is 2.27. The fourth-order valence-electron chi connectivity index (χ4n) is 3.61. The highest BCUT2D eigenvalue weighted by molar-refractivity contribution is 6.05. The number of para-hydroxylation sites is 1. The molecule has 162 valence electrons. The standard InChI is InChI=1S/C25H23N3O4/c1-16(2)28(19-12-8-5-9-13-19)22(29)15-31-25(30)20-14-21(18-10-6-4-7-11-18)26-24-23(20)17(3)27-32-24/h4-14,16H,15H2,1-3H3. The highest BCUT2D eigenvalue weighted by atomic mass is 16.5. The Bertz CT molecular complexity index is 1250. The summed E-state index contributed by atoms with van der Waals surface area (Å²) >= 11 is 0. The number of rotatable bonds is 6. The van der Waals surface area contributed by atoms with Crippen LogP contribution in [0, 0.1) is 6.92 Å². The lowest BCUT2D eigenvalue weighted by molar-refractivity contribution is -0.122. The first kappa shape index (κ1) is 21.2. The second kappa shape index (κ2) is 9.01. The normalized spacial score (nSPS) is 11.0. The third-order valence-corrected chi connectivity index (χ3v) is 5.05. The molecule has 2 heterocycles. The number of ether oxygens (including phenoxy) is 1. The number of carbonyl (C=O) groups is 2. The summed E-state index contributed by atoms with van der Waals surface area (Å²) in [5.41, 5.74) is 3.16. The minimum absolute atomic E-state index is 0.0961. The first-order valence-corrected chi connectivity index (χ1v) is 10.3. The number of pyridine rings is 1. The van der Waals surface area contributed by atoms with Crippen LogP contribution in [0.2, 0.25) is 0 Å². The number of aromatic nitrogens is 2. The third kappa shape index (κ3) is 4.23. The van der Waals surface area contributed by atoms with Crippen LogP contribution in [0.3, 0.4) is 0 Å². The molecule has 2 aromatic carbocycles. The lowest BCUT2D eigenvalue weighted by atomic mass is 10.1. The van der Waals surface area contributed by atoms with Crippen LogP contribution < -0.4 is 4.90 Å². The molecule has 0 bridgehead atoms. The molecule has 0 radical (unpaired) electrons. The molecule has 0 unspecified atom stereocenters. The average molecular weight is 429 g/mol. The molecule has 2 aromatic heterocycles. The molecule has 7 heteroatoms. The zero-order valence-electron chi connectivity index (χ0n) is 18.1. The zero-order valence-corrected chi connectivity index (χ0v) is 18.1. The molecule has 0 aliphatic rings. The number of esters is 1. The molecule has 1 amide bonds. The van der Waals surface area contributed by atoms with Gasteiger partial charge in [0.05, 0.1) is 22.3 Å². The maximum atomic E-state index is 13.0. The largest absolute Gasteiger partial charge is 0.452 e. The van der Waals surface area contributed by atoms with E-state index in [1.165, 1.54) is 0 Å². The van der Waals surface area contributed by atoms with Gasteiger partial charge in [-0.15, -0.1) is 0 Å². The Balaban J connectivity index is 1.61. The van der Waals surface area contributed by atoms with Crippen molar-refractivity contribution in [3.8, 4) is 11.3 Å². The van der Waals surface area contributed by atoms with Crippen LogP contribution in [0.25, 0.3) is 22.4 Å². The fraction of sp³-hybridized carbons (Fsp3) is 0.200. The van der Waals surface area contributed by atoms with Gasteiger partial charge in [0, 0.05) is 17.3 Å². The summed E-state index contributed by atoms with van der Waals surface area (Å²) in [5, 5.41) is 4.42. The van der Waals surface area contributed by atoms with E-state index in [2.05, 4.69) is 10.1 Å². The zero-order chi connectivity index (χ0) is 22.7. The molecule has 32 heavy (non-hydrogen) atoms. The van der Waals surface area contributed by atoms with Crippen molar-refractivity contribution in [2.24, 2.45) is 0 Å². The monoisotopic (exact) mass is 429 g/mol. The number of amides is 1. The quantitative estimate of drug-likeness (QED) is 0.410. The average Bonchev–Trinajstić information content (AvgIpc) is 3.19. The van der Waals surface area contributed by atoms with Crippen LogP contribution in [0.15, 0.2) is 71.3 Å². The molecule has 0 atom stereocenters. The molecule has 0 aliphatic heterocycles. The number of hydrogen-bond donors (Lipinski definition) is 0. The van der Waals surface area contributed by atoms with Gasteiger partial charge in [-0.25, -0.2) is 9.78 Å². The van der Waals surface area contributed by atoms with Gasteiger partial charge in [-0.3, -0.25) is 4.79 Å². The second-order valence-corrected chi connectivity index (χ2v) is 7.64. The molecule has 7 nitrogen and oxygen atoms in total. The van der Waals surface area contributed by atoms with Crippen LogP contribution in [0.4, 0.5) is 5.69 Å². The Morgan fingerprint density at radius 3 is 2.34 bits per heavy atom. The number of hydrogen-bond acceptors (Lipinski definition) is 6. The number of anilines is 1. The van der Waals surface area contributed by atoms with Crippen molar-refractivity contribution in [1.29, 1.82) is 0 Å². The van der Waals surface area contributed by atoms with Crippen LogP contribution >= 0.6 is 0 Å². The first-order chi connectivity index (χ1) is 15.5. The van der Waals surface area contributed by atoms with Gasteiger partial charge in [0.25, 0.3) is 11.6 Å². The molecule has 0 fully saturated rings. The highest BCUT2D eigenvalue weighted by Gasteiger charge is 2.24. The Hall–Kier alpha value is -4.00. The van der Waals surface area contributed by atoms with Gasteiger partial charge in [-0.1, -0.05) is 53.7 Å². The Labute approximate surface area is 185 Å². The van der Waals surface area contributed by atoms with E-state index in [4.69, 9.17) is 9.26 Å². The lowest BCUT2D eigenvalue weighted by Crippen LogP contribution is -2.39. The van der Waals surface area contributed by atoms with E-state index in [0.717, 1.165) is 11.3 Å². The maximum absolute atomic E-state index is 13.0. The van der Waals surface area contributed by atoms with Crippen LogP contribution in [-0.4, -0.2) is 34.7 Å². The van der Waals surface area contributed by atoms with E-state index in [9.17, 15) is 9.59 Å². The number of carbonyl (C=O) groups excluding carboxylic acids is 2. The Morgan fingerprint density at radius 2 is 1.69 bits per heavy atom. The molecule has 4 rings (SSSR count). The van der Waals surface area contributed by atoms with Gasteiger partial charge in [0.15, 0.2) is 6.61 Å². The summed E-state index contributed by atoms with van der Waals surface area (Å²) in [6.45, 7) is 5.16. The van der Waals surface area contributed by atoms with E-state index in [-0.39, 0.29) is 29.8 Å². The molecule has 0 aliphatic carbocycles. The SMILES string of the molecule is Cc1noc2nc(-c3ccccc3)cc(C(=O)OCC(=O)N(c3ccccc3)C(C)C)c12. The number of benzene rings is 2. The molecule has 0 saturated carbocycles. The first-order valence-electron chi connectivity index (χ1n) is 10.3. The maximum Gasteiger partial charge on any atom is 0.339 e. The summed E-state index contributed by atoms with van der Waals surface area (Å²) in [7, 11) is 0. The molecule has 0 spiro atoms. The Kier molecular flexibility index (Phi) is 5.98.